The van der Waals surface area contributed by atoms with E-state index in [1.165, 1.54) is 6.42 Å². The molecule has 0 amide bonds. The average molecular weight is 504 g/mol. The highest BCUT2D eigenvalue weighted by molar-refractivity contribution is 5.98. The number of aryl methyl sites for hydroxylation is 2. The zero-order valence-corrected chi connectivity index (χ0v) is 21.8. The van der Waals surface area contributed by atoms with Gasteiger partial charge >= 0.3 is 5.97 Å². The van der Waals surface area contributed by atoms with E-state index in [1.807, 2.05) is 31.2 Å². The van der Waals surface area contributed by atoms with Crippen molar-refractivity contribution in [2.45, 2.75) is 46.6 Å². The molecule has 194 valence electrons. The van der Waals surface area contributed by atoms with E-state index in [0.717, 1.165) is 25.0 Å². The number of carbonyl (C=O) groups excluding carboxylic acids is 1. The number of rotatable bonds is 6. The molecule has 2 aromatic carbocycles. The fraction of sp³-hybridized carbons (Fsp3) is 0.414. The van der Waals surface area contributed by atoms with Crippen LogP contribution in [-0.2, 0) is 24.8 Å². The van der Waals surface area contributed by atoms with Gasteiger partial charge in [0.1, 0.15) is 22.7 Å². The monoisotopic (exact) mass is 503 g/mol. The number of carbonyl (C=O) groups is 1. The van der Waals surface area contributed by atoms with Gasteiger partial charge in [0.05, 0.1) is 28.6 Å². The van der Waals surface area contributed by atoms with E-state index >= 15 is 0 Å². The molecule has 1 N–H and O–H groups in total. The Kier molecular flexibility index (Phi) is 6.77. The average Bonchev–Trinajstić information content (AvgIpc) is 3.21. The number of aromatic nitrogens is 2. The third-order valence-electron chi connectivity index (χ3n) is 7.31. The van der Waals surface area contributed by atoms with Crippen molar-refractivity contribution in [1.82, 2.24) is 14.5 Å². The molecule has 8 nitrogen and oxygen atoms in total. The van der Waals surface area contributed by atoms with Crippen molar-refractivity contribution in [3.8, 4) is 17.1 Å². The maximum absolute atomic E-state index is 14.1. The minimum absolute atomic E-state index is 0.0648. The molecule has 1 aliphatic rings. The van der Waals surface area contributed by atoms with Crippen LogP contribution < -0.4 is 5.43 Å². The summed E-state index contributed by atoms with van der Waals surface area (Å²) in [6, 6.07) is 9.21. The Hall–Kier alpha value is -3.65. The van der Waals surface area contributed by atoms with Gasteiger partial charge in [0, 0.05) is 20.1 Å². The number of nitrogens with zero attached hydrogens (tertiary/aromatic N) is 3. The molecule has 0 unspecified atom stereocenters. The number of phenols is 1. The Labute approximate surface area is 215 Å². The van der Waals surface area contributed by atoms with Crippen molar-refractivity contribution in [3.63, 3.8) is 0 Å². The van der Waals surface area contributed by atoms with Crippen molar-refractivity contribution >= 4 is 28.0 Å². The van der Waals surface area contributed by atoms with Crippen LogP contribution in [0.2, 0.25) is 0 Å². The summed E-state index contributed by atoms with van der Waals surface area (Å²) in [5.41, 5.74) is 2.65. The number of hydrogen-bond donors (Lipinski definition) is 1. The van der Waals surface area contributed by atoms with Gasteiger partial charge in [0.2, 0.25) is 11.2 Å². The Balaban J connectivity index is 1.80. The highest BCUT2D eigenvalue weighted by Crippen LogP contribution is 2.36. The number of aromatic hydroxyl groups is 1. The summed E-state index contributed by atoms with van der Waals surface area (Å²) >= 11 is 0. The van der Waals surface area contributed by atoms with Crippen LogP contribution in [0.5, 0.6) is 5.75 Å². The molecule has 3 heterocycles. The number of benzene rings is 2. The van der Waals surface area contributed by atoms with Gasteiger partial charge in [-0.1, -0.05) is 26.0 Å². The lowest BCUT2D eigenvalue weighted by atomic mass is 9.97. The summed E-state index contributed by atoms with van der Waals surface area (Å²) in [6.07, 6.45) is 2.79. The molecule has 0 saturated carbocycles. The molecular formula is C29H33N3O5. The number of para-hydroxylation sites is 2. The molecule has 0 bridgehead atoms. The van der Waals surface area contributed by atoms with Crippen LogP contribution >= 0.6 is 0 Å². The van der Waals surface area contributed by atoms with Crippen molar-refractivity contribution in [2.75, 3.05) is 19.7 Å². The second-order valence-electron chi connectivity index (χ2n) is 9.91. The van der Waals surface area contributed by atoms with Gasteiger partial charge in [0.15, 0.2) is 0 Å². The summed E-state index contributed by atoms with van der Waals surface area (Å²) in [5.74, 6) is 0.0525. The molecule has 2 aromatic heterocycles. The molecule has 37 heavy (non-hydrogen) atoms. The largest absolute Gasteiger partial charge is 0.507 e. The van der Waals surface area contributed by atoms with E-state index in [9.17, 15) is 14.7 Å². The first kappa shape index (κ1) is 25.0. The number of ether oxygens (including phenoxy) is 1. The molecule has 0 aliphatic carbocycles. The summed E-state index contributed by atoms with van der Waals surface area (Å²) < 4.78 is 13.3. The Bertz CT molecular complexity index is 1550. The Morgan fingerprint density at radius 3 is 2.76 bits per heavy atom. The lowest BCUT2D eigenvalue weighted by molar-refractivity contribution is 0.0491. The van der Waals surface area contributed by atoms with Crippen LogP contribution in [0.4, 0.5) is 0 Å². The molecular weight excluding hydrogens is 470 g/mol. The van der Waals surface area contributed by atoms with Crippen molar-refractivity contribution in [2.24, 2.45) is 13.0 Å². The van der Waals surface area contributed by atoms with E-state index in [1.54, 1.807) is 24.6 Å². The molecule has 1 atom stereocenters. The van der Waals surface area contributed by atoms with Crippen molar-refractivity contribution < 1.29 is 19.1 Å². The topological polar surface area (TPSA) is 97.8 Å². The predicted octanol–water partition coefficient (Wildman–Crippen LogP) is 5.02. The number of esters is 1. The molecule has 5 rings (SSSR count). The maximum atomic E-state index is 14.1. The highest BCUT2D eigenvalue weighted by Gasteiger charge is 2.29. The molecule has 8 heteroatoms. The first-order valence-electron chi connectivity index (χ1n) is 13.0. The smallest absolute Gasteiger partial charge is 0.375 e. The van der Waals surface area contributed by atoms with Gasteiger partial charge in [-0.3, -0.25) is 9.69 Å². The summed E-state index contributed by atoms with van der Waals surface area (Å²) in [6.45, 7) is 8.20. The van der Waals surface area contributed by atoms with Gasteiger partial charge in [-0.15, -0.1) is 0 Å². The molecule has 1 saturated heterocycles. The van der Waals surface area contributed by atoms with Crippen molar-refractivity contribution in [3.05, 3.63) is 57.4 Å². The lowest BCUT2D eigenvalue weighted by Crippen LogP contribution is -2.34. The first-order valence-corrected chi connectivity index (χ1v) is 13.0. The second kappa shape index (κ2) is 10.0. The predicted molar refractivity (Wildman–Crippen MR) is 143 cm³/mol. The van der Waals surface area contributed by atoms with E-state index in [0.29, 0.717) is 46.7 Å². The molecule has 0 spiro atoms. The van der Waals surface area contributed by atoms with Crippen LogP contribution in [-0.4, -0.2) is 45.2 Å². The van der Waals surface area contributed by atoms with Gasteiger partial charge in [0.25, 0.3) is 0 Å². The van der Waals surface area contributed by atoms with Gasteiger partial charge < -0.3 is 18.8 Å². The molecule has 0 radical (unpaired) electrons. The number of likely N-dealkylation sites (tertiary alicyclic amines) is 1. The summed E-state index contributed by atoms with van der Waals surface area (Å²) in [4.78, 5) is 34.2. The van der Waals surface area contributed by atoms with Gasteiger partial charge in [-0.05, 0) is 62.4 Å². The number of phenolic OH excluding ortho intramolecular Hbond substituents is 1. The van der Waals surface area contributed by atoms with Crippen LogP contribution in [0.1, 0.15) is 55.3 Å². The quantitative estimate of drug-likeness (QED) is 0.369. The van der Waals surface area contributed by atoms with E-state index in [4.69, 9.17) is 9.15 Å². The van der Waals surface area contributed by atoms with Gasteiger partial charge in [-0.2, -0.15) is 0 Å². The summed E-state index contributed by atoms with van der Waals surface area (Å²) in [5, 5.41) is 11.5. The van der Waals surface area contributed by atoms with Crippen LogP contribution in [0.3, 0.4) is 0 Å². The van der Waals surface area contributed by atoms with Crippen LogP contribution in [0.25, 0.3) is 33.4 Å². The normalized spacial score (nSPS) is 16.5. The number of hydrogen-bond acceptors (Lipinski definition) is 7. The number of imidazole rings is 1. The minimum atomic E-state index is -0.736. The fourth-order valence-corrected chi connectivity index (χ4v) is 5.43. The Morgan fingerprint density at radius 2 is 2.05 bits per heavy atom. The van der Waals surface area contributed by atoms with E-state index in [-0.39, 0.29) is 34.7 Å². The highest BCUT2D eigenvalue weighted by atomic mass is 16.5. The van der Waals surface area contributed by atoms with Crippen molar-refractivity contribution in [1.29, 1.82) is 0 Å². The SMILES string of the molecule is CCOC(=O)c1oc2c(CN3CCC[C@@H](C)C3)c(O)c(CC)cc2c(=O)c1-c1nc2ccccc2n1C. The third kappa shape index (κ3) is 4.39. The second-order valence-corrected chi connectivity index (χ2v) is 9.91. The number of fused-ring (bicyclic) bond motifs is 2. The maximum Gasteiger partial charge on any atom is 0.375 e. The van der Waals surface area contributed by atoms with E-state index in [2.05, 4.69) is 16.8 Å². The fourth-order valence-electron chi connectivity index (χ4n) is 5.43. The Morgan fingerprint density at radius 1 is 1.27 bits per heavy atom. The van der Waals surface area contributed by atoms with Gasteiger partial charge in [-0.25, -0.2) is 9.78 Å². The zero-order chi connectivity index (χ0) is 26.3. The van der Waals surface area contributed by atoms with E-state index < -0.39 is 5.97 Å². The first-order chi connectivity index (χ1) is 17.8. The third-order valence-corrected chi connectivity index (χ3v) is 7.31. The number of piperidine rings is 1. The minimum Gasteiger partial charge on any atom is -0.507 e. The molecule has 1 aliphatic heterocycles. The lowest BCUT2D eigenvalue weighted by Gasteiger charge is -2.31. The standard InChI is InChI=1S/C29H33N3O5/c1-5-18-14-19-25(34)23(28-30-21-11-7-8-12-22(21)31(28)4)27(29(35)36-6-2)37-26(19)20(24(18)33)16-32-13-9-10-17(3)15-32/h7-8,11-12,14,17,33H,5-6,9-10,13,15-16H2,1-4H3/t17-/m1/s1. The van der Waals surface area contributed by atoms with Crippen LogP contribution in [0, 0.1) is 5.92 Å². The zero-order valence-electron chi connectivity index (χ0n) is 21.8. The molecule has 1 fully saturated rings. The summed E-state index contributed by atoms with van der Waals surface area (Å²) in [7, 11) is 1.81. The van der Waals surface area contributed by atoms with Crippen LogP contribution in [0.15, 0.2) is 39.5 Å². The molecule has 4 aromatic rings.